The van der Waals surface area contributed by atoms with Gasteiger partial charge in [-0.25, -0.2) is 4.79 Å². The SMILES string of the molecule is COc1ccccc1C[NH2+]Cc1cc(=O)oc2cc(C)c(C(C)C)cc12. The van der Waals surface area contributed by atoms with Crippen LogP contribution in [0.1, 0.15) is 42.0 Å². The fourth-order valence-electron chi connectivity index (χ4n) is 3.44. The Morgan fingerprint density at radius 2 is 1.81 bits per heavy atom. The first kappa shape index (κ1) is 18.2. The molecule has 2 N–H and O–H groups in total. The van der Waals surface area contributed by atoms with Crippen molar-refractivity contribution in [1.29, 1.82) is 0 Å². The fraction of sp³-hybridized carbons (Fsp3) is 0.318. The number of nitrogens with two attached hydrogens (primary N) is 1. The first-order valence-electron chi connectivity index (χ1n) is 9.00. The summed E-state index contributed by atoms with van der Waals surface area (Å²) in [6.07, 6.45) is 0. The molecule has 26 heavy (non-hydrogen) atoms. The van der Waals surface area contributed by atoms with Crippen LogP contribution in [-0.4, -0.2) is 7.11 Å². The lowest BCUT2D eigenvalue weighted by atomic mass is 9.95. The first-order valence-corrected chi connectivity index (χ1v) is 9.00. The minimum Gasteiger partial charge on any atom is -0.496 e. The Morgan fingerprint density at radius 3 is 2.54 bits per heavy atom. The number of methoxy groups -OCH3 is 1. The molecule has 0 atom stereocenters. The van der Waals surface area contributed by atoms with Crippen molar-refractivity contribution < 1.29 is 14.5 Å². The average Bonchev–Trinajstić information content (AvgIpc) is 2.61. The van der Waals surface area contributed by atoms with Crippen LogP contribution in [0, 0.1) is 6.92 Å². The lowest BCUT2D eigenvalue weighted by Crippen LogP contribution is -2.80. The zero-order valence-corrected chi connectivity index (χ0v) is 15.8. The number of rotatable bonds is 6. The van der Waals surface area contributed by atoms with Crippen LogP contribution < -0.4 is 15.7 Å². The van der Waals surface area contributed by atoms with E-state index < -0.39 is 0 Å². The van der Waals surface area contributed by atoms with Crippen molar-refractivity contribution in [1.82, 2.24) is 0 Å². The van der Waals surface area contributed by atoms with E-state index in [1.54, 1.807) is 13.2 Å². The minimum atomic E-state index is -0.296. The first-order chi connectivity index (χ1) is 12.5. The Bertz CT molecular complexity index is 973. The van der Waals surface area contributed by atoms with Crippen molar-refractivity contribution in [3.8, 4) is 5.75 Å². The summed E-state index contributed by atoms with van der Waals surface area (Å²) in [4.78, 5) is 12.0. The van der Waals surface area contributed by atoms with Crippen LogP contribution >= 0.6 is 0 Å². The van der Waals surface area contributed by atoms with Gasteiger partial charge in [-0.3, -0.25) is 0 Å². The number of quaternary nitrogens is 1. The summed E-state index contributed by atoms with van der Waals surface area (Å²) in [5, 5.41) is 3.20. The summed E-state index contributed by atoms with van der Waals surface area (Å²) in [6, 6.07) is 13.8. The third-order valence-corrected chi connectivity index (χ3v) is 4.76. The molecule has 0 aliphatic heterocycles. The third-order valence-electron chi connectivity index (χ3n) is 4.76. The van der Waals surface area contributed by atoms with Gasteiger partial charge in [-0.2, -0.15) is 0 Å². The van der Waals surface area contributed by atoms with Crippen molar-refractivity contribution in [2.24, 2.45) is 0 Å². The van der Waals surface area contributed by atoms with E-state index in [4.69, 9.17) is 9.15 Å². The Hall–Kier alpha value is -2.59. The van der Waals surface area contributed by atoms with Gasteiger partial charge in [0.25, 0.3) is 0 Å². The third kappa shape index (κ3) is 3.81. The molecule has 0 radical (unpaired) electrons. The van der Waals surface area contributed by atoms with E-state index in [1.807, 2.05) is 24.3 Å². The lowest BCUT2D eigenvalue weighted by molar-refractivity contribution is -0.686. The molecule has 136 valence electrons. The average molecular weight is 352 g/mol. The summed E-state index contributed by atoms with van der Waals surface area (Å²) < 4.78 is 10.8. The van der Waals surface area contributed by atoms with E-state index in [9.17, 15) is 4.79 Å². The molecule has 3 aromatic rings. The molecule has 2 aromatic carbocycles. The smallest absolute Gasteiger partial charge is 0.336 e. The Kier molecular flexibility index (Phi) is 5.43. The van der Waals surface area contributed by atoms with Crippen molar-refractivity contribution >= 4 is 11.0 Å². The molecule has 0 spiro atoms. The molecular weight excluding hydrogens is 326 g/mol. The van der Waals surface area contributed by atoms with Gasteiger partial charge < -0.3 is 14.5 Å². The van der Waals surface area contributed by atoms with Crippen molar-refractivity contribution in [3.05, 3.63) is 75.1 Å². The largest absolute Gasteiger partial charge is 0.496 e. The zero-order valence-electron chi connectivity index (χ0n) is 15.8. The van der Waals surface area contributed by atoms with Gasteiger partial charge in [0, 0.05) is 22.6 Å². The summed E-state index contributed by atoms with van der Waals surface area (Å²) in [7, 11) is 1.69. The summed E-state index contributed by atoms with van der Waals surface area (Å²) in [6.45, 7) is 7.92. The number of benzene rings is 2. The van der Waals surface area contributed by atoms with Gasteiger partial charge >= 0.3 is 5.63 Å². The molecule has 0 amide bonds. The second kappa shape index (κ2) is 7.75. The molecule has 0 bridgehead atoms. The maximum absolute atomic E-state index is 12.0. The number of hydrogen-bond acceptors (Lipinski definition) is 3. The van der Waals surface area contributed by atoms with Crippen LogP contribution in [-0.2, 0) is 13.1 Å². The minimum absolute atomic E-state index is 0.296. The fourth-order valence-corrected chi connectivity index (χ4v) is 3.44. The predicted octanol–water partition coefficient (Wildman–Crippen LogP) is 3.50. The van der Waals surface area contributed by atoms with Gasteiger partial charge in [0.2, 0.25) is 0 Å². The van der Waals surface area contributed by atoms with E-state index in [-0.39, 0.29) is 5.63 Å². The summed E-state index contributed by atoms with van der Waals surface area (Å²) in [5.74, 6) is 1.32. The standard InChI is InChI=1S/C22H25NO3/c1-14(2)18-11-19-17(10-22(24)26-21(19)9-15(18)3)13-23-12-16-7-5-6-8-20(16)25-4/h5-11,14,23H,12-13H2,1-4H3/p+1. The molecule has 1 aromatic heterocycles. The molecule has 1 heterocycles. The highest BCUT2D eigenvalue weighted by atomic mass is 16.5. The second-order valence-electron chi connectivity index (χ2n) is 6.96. The number of aryl methyl sites for hydroxylation is 1. The number of para-hydroxylation sites is 1. The Morgan fingerprint density at radius 1 is 1.08 bits per heavy atom. The van der Waals surface area contributed by atoms with Crippen LogP contribution in [0.3, 0.4) is 0 Å². The predicted molar refractivity (Wildman–Crippen MR) is 104 cm³/mol. The molecule has 0 saturated heterocycles. The summed E-state index contributed by atoms with van der Waals surface area (Å²) in [5.41, 5.74) is 4.96. The molecule has 4 heteroatoms. The van der Waals surface area contributed by atoms with Crippen molar-refractivity contribution in [2.75, 3.05) is 7.11 Å². The zero-order chi connectivity index (χ0) is 18.7. The Balaban J connectivity index is 1.89. The van der Waals surface area contributed by atoms with E-state index >= 15 is 0 Å². The topological polar surface area (TPSA) is 56.0 Å². The van der Waals surface area contributed by atoms with Gasteiger partial charge in [-0.1, -0.05) is 26.0 Å². The van der Waals surface area contributed by atoms with E-state index in [1.165, 1.54) is 5.56 Å². The second-order valence-corrected chi connectivity index (χ2v) is 6.96. The molecule has 0 aliphatic carbocycles. The van der Waals surface area contributed by atoms with Crippen LogP contribution in [0.2, 0.25) is 0 Å². The van der Waals surface area contributed by atoms with Crippen LogP contribution in [0.25, 0.3) is 11.0 Å². The number of hydrogen-bond donors (Lipinski definition) is 1. The van der Waals surface area contributed by atoms with Gasteiger partial charge in [0.1, 0.15) is 24.4 Å². The quantitative estimate of drug-likeness (QED) is 0.691. The molecule has 3 rings (SSSR count). The monoisotopic (exact) mass is 352 g/mol. The maximum Gasteiger partial charge on any atom is 0.336 e. The molecule has 0 unspecified atom stereocenters. The van der Waals surface area contributed by atoms with E-state index in [0.717, 1.165) is 34.4 Å². The molecule has 4 nitrogen and oxygen atoms in total. The summed E-state index contributed by atoms with van der Waals surface area (Å²) >= 11 is 0. The molecular formula is C22H26NO3+. The van der Waals surface area contributed by atoms with E-state index in [2.05, 4.69) is 38.2 Å². The Labute approximate surface area is 153 Å². The van der Waals surface area contributed by atoms with Crippen molar-refractivity contribution in [3.63, 3.8) is 0 Å². The highest BCUT2D eigenvalue weighted by Crippen LogP contribution is 2.26. The lowest BCUT2D eigenvalue weighted by Gasteiger charge is -2.13. The van der Waals surface area contributed by atoms with Crippen LogP contribution in [0.5, 0.6) is 5.75 Å². The van der Waals surface area contributed by atoms with Gasteiger partial charge in [0.05, 0.1) is 7.11 Å². The molecule has 0 saturated carbocycles. The van der Waals surface area contributed by atoms with Gasteiger partial charge in [-0.05, 0) is 48.2 Å². The van der Waals surface area contributed by atoms with Crippen LogP contribution in [0.4, 0.5) is 0 Å². The van der Waals surface area contributed by atoms with Gasteiger partial charge in [0.15, 0.2) is 0 Å². The van der Waals surface area contributed by atoms with Gasteiger partial charge in [-0.15, -0.1) is 0 Å². The highest BCUT2D eigenvalue weighted by Gasteiger charge is 2.12. The van der Waals surface area contributed by atoms with Crippen LogP contribution in [0.15, 0.2) is 51.7 Å². The highest BCUT2D eigenvalue weighted by molar-refractivity contribution is 5.82. The number of ether oxygens (including phenoxy) is 1. The number of fused-ring (bicyclic) bond motifs is 1. The van der Waals surface area contributed by atoms with Crippen molar-refractivity contribution in [2.45, 2.75) is 39.8 Å². The molecule has 0 aliphatic rings. The molecule has 0 fully saturated rings. The normalized spacial score (nSPS) is 11.3. The van der Waals surface area contributed by atoms with E-state index in [0.29, 0.717) is 18.0 Å². The maximum atomic E-state index is 12.0.